The Labute approximate surface area is 112 Å². The standard InChI is InChI=1S/C15H22F2O2/c1-14-5-9-3-10(6-14)12(11(4-9)7-14)13(18)19-8-15(2,16)17/h9-12H,3-8H2,1-2H3. The molecule has 4 aliphatic carbocycles. The summed E-state index contributed by atoms with van der Waals surface area (Å²) in [5.74, 6) is -1.93. The van der Waals surface area contributed by atoms with Crippen LogP contribution < -0.4 is 0 Å². The molecule has 2 unspecified atom stereocenters. The fraction of sp³-hybridized carbons (Fsp3) is 0.933. The van der Waals surface area contributed by atoms with Gasteiger partial charge in [-0.15, -0.1) is 0 Å². The van der Waals surface area contributed by atoms with Crippen LogP contribution in [0, 0.1) is 29.1 Å². The van der Waals surface area contributed by atoms with Crippen LogP contribution in [-0.2, 0) is 9.53 Å². The summed E-state index contributed by atoms with van der Waals surface area (Å²) in [5.41, 5.74) is 0.391. The summed E-state index contributed by atoms with van der Waals surface area (Å²) in [7, 11) is 0. The van der Waals surface area contributed by atoms with Gasteiger partial charge in [0.15, 0.2) is 6.61 Å². The largest absolute Gasteiger partial charge is 0.459 e. The van der Waals surface area contributed by atoms with E-state index in [2.05, 4.69) is 6.92 Å². The zero-order valence-corrected chi connectivity index (χ0v) is 11.6. The van der Waals surface area contributed by atoms with Crippen molar-refractivity contribution in [3.05, 3.63) is 0 Å². The predicted molar refractivity (Wildman–Crippen MR) is 66.7 cm³/mol. The van der Waals surface area contributed by atoms with Crippen molar-refractivity contribution in [1.29, 1.82) is 0 Å². The lowest BCUT2D eigenvalue weighted by molar-refractivity contribution is -0.176. The molecule has 19 heavy (non-hydrogen) atoms. The molecule has 4 saturated carbocycles. The minimum Gasteiger partial charge on any atom is -0.459 e. The Hall–Kier alpha value is -0.670. The molecule has 0 aromatic heterocycles. The van der Waals surface area contributed by atoms with Crippen LogP contribution in [0.5, 0.6) is 0 Å². The lowest BCUT2D eigenvalue weighted by Crippen LogP contribution is -2.52. The number of carbonyl (C=O) groups is 1. The van der Waals surface area contributed by atoms with Crippen LogP contribution in [-0.4, -0.2) is 18.5 Å². The molecule has 108 valence electrons. The van der Waals surface area contributed by atoms with Crippen molar-refractivity contribution in [3.8, 4) is 0 Å². The van der Waals surface area contributed by atoms with Crippen LogP contribution in [0.15, 0.2) is 0 Å². The smallest absolute Gasteiger partial charge is 0.309 e. The Morgan fingerprint density at radius 2 is 1.84 bits per heavy atom. The molecular weight excluding hydrogens is 250 g/mol. The van der Waals surface area contributed by atoms with Gasteiger partial charge in [-0.05, 0) is 55.3 Å². The molecule has 0 saturated heterocycles. The fourth-order valence-electron chi connectivity index (χ4n) is 5.11. The maximum absolute atomic E-state index is 12.8. The average Bonchev–Trinajstić information content (AvgIpc) is 2.22. The normalized spacial score (nSPS) is 44.4. The highest BCUT2D eigenvalue weighted by Gasteiger charge is 2.55. The minimum atomic E-state index is -2.92. The summed E-state index contributed by atoms with van der Waals surface area (Å²) < 4.78 is 30.5. The van der Waals surface area contributed by atoms with Gasteiger partial charge < -0.3 is 4.74 Å². The maximum atomic E-state index is 12.8. The van der Waals surface area contributed by atoms with Crippen molar-refractivity contribution < 1.29 is 18.3 Å². The van der Waals surface area contributed by atoms with E-state index in [0.717, 1.165) is 38.5 Å². The Balaban J connectivity index is 1.68. The number of ether oxygens (including phenoxy) is 1. The van der Waals surface area contributed by atoms with E-state index < -0.39 is 12.5 Å². The van der Waals surface area contributed by atoms with Gasteiger partial charge in [0.2, 0.25) is 0 Å². The van der Waals surface area contributed by atoms with Crippen molar-refractivity contribution >= 4 is 5.97 Å². The predicted octanol–water partition coefficient (Wildman–Crippen LogP) is 3.65. The van der Waals surface area contributed by atoms with E-state index in [9.17, 15) is 13.6 Å². The topological polar surface area (TPSA) is 26.3 Å². The second-order valence-corrected chi connectivity index (χ2v) is 7.48. The molecule has 2 nitrogen and oxygen atoms in total. The van der Waals surface area contributed by atoms with Crippen LogP contribution in [0.3, 0.4) is 0 Å². The van der Waals surface area contributed by atoms with E-state index in [4.69, 9.17) is 4.74 Å². The molecule has 2 atom stereocenters. The molecule has 0 aliphatic heterocycles. The Bertz CT molecular complexity index is 372. The number of rotatable bonds is 3. The molecule has 0 N–H and O–H groups in total. The third-order valence-corrected chi connectivity index (χ3v) is 5.32. The first-order chi connectivity index (χ1) is 8.76. The van der Waals surface area contributed by atoms with E-state index in [1.807, 2.05) is 0 Å². The third-order valence-electron chi connectivity index (χ3n) is 5.32. The molecule has 0 aromatic carbocycles. The summed E-state index contributed by atoms with van der Waals surface area (Å²) >= 11 is 0. The molecule has 0 aromatic rings. The van der Waals surface area contributed by atoms with Gasteiger partial charge in [-0.3, -0.25) is 4.79 Å². The Kier molecular flexibility index (Phi) is 2.92. The van der Waals surface area contributed by atoms with Crippen molar-refractivity contribution in [2.45, 2.75) is 51.9 Å². The van der Waals surface area contributed by atoms with Gasteiger partial charge in [-0.1, -0.05) is 6.92 Å². The van der Waals surface area contributed by atoms with Crippen molar-refractivity contribution in [3.63, 3.8) is 0 Å². The van der Waals surface area contributed by atoms with Crippen LogP contribution in [0.2, 0.25) is 0 Å². The number of halogens is 2. The number of hydrogen-bond acceptors (Lipinski definition) is 2. The first-order valence-corrected chi connectivity index (χ1v) is 7.30. The van der Waals surface area contributed by atoms with Gasteiger partial charge in [-0.25, -0.2) is 8.78 Å². The van der Waals surface area contributed by atoms with Crippen LogP contribution in [0.25, 0.3) is 0 Å². The molecule has 4 rings (SSSR count). The van der Waals surface area contributed by atoms with Crippen molar-refractivity contribution in [2.24, 2.45) is 29.1 Å². The van der Waals surface area contributed by atoms with Crippen molar-refractivity contribution in [1.82, 2.24) is 0 Å². The summed E-state index contributed by atoms with van der Waals surface area (Å²) in [4.78, 5) is 12.1. The highest BCUT2D eigenvalue weighted by molar-refractivity contribution is 5.73. The number of hydrogen-bond donors (Lipinski definition) is 0. The minimum absolute atomic E-state index is 0.119. The first-order valence-electron chi connectivity index (χ1n) is 7.30. The average molecular weight is 272 g/mol. The first kappa shape index (κ1) is 13.3. The van der Waals surface area contributed by atoms with Gasteiger partial charge >= 0.3 is 5.97 Å². The molecule has 0 heterocycles. The molecule has 4 heteroatoms. The second-order valence-electron chi connectivity index (χ2n) is 7.48. The molecule has 0 spiro atoms. The highest BCUT2D eigenvalue weighted by Crippen LogP contribution is 2.62. The molecular formula is C15H22F2O2. The molecule has 0 amide bonds. The van der Waals surface area contributed by atoms with Crippen molar-refractivity contribution in [2.75, 3.05) is 6.61 Å². The zero-order valence-electron chi connectivity index (χ0n) is 11.6. The number of carbonyl (C=O) groups excluding carboxylic acids is 1. The van der Waals surface area contributed by atoms with Gasteiger partial charge in [0.05, 0.1) is 5.92 Å². The quantitative estimate of drug-likeness (QED) is 0.733. The molecule has 4 aliphatic rings. The highest BCUT2D eigenvalue weighted by atomic mass is 19.3. The van der Waals surface area contributed by atoms with E-state index in [1.165, 1.54) is 6.42 Å². The fourth-order valence-corrected chi connectivity index (χ4v) is 5.11. The van der Waals surface area contributed by atoms with E-state index in [0.29, 0.717) is 17.3 Å². The summed E-state index contributed by atoms with van der Waals surface area (Å²) in [6, 6.07) is 0. The summed E-state index contributed by atoms with van der Waals surface area (Å²) in [6.07, 6.45) is 5.61. The lowest BCUT2D eigenvalue weighted by atomic mass is 9.47. The van der Waals surface area contributed by atoms with Crippen LogP contribution in [0.1, 0.15) is 46.0 Å². The maximum Gasteiger partial charge on any atom is 0.309 e. The molecule has 4 bridgehead atoms. The summed E-state index contributed by atoms with van der Waals surface area (Å²) in [6.45, 7) is 2.33. The van der Waals surface area contributed by atoms with E-state index in [1.54, 1.807) is 0 Å². The second kappa shape index (κ2) is 4.16. The Morgan fingerprint density at radius 3 is 2.32 bits per heavy atom. The Morgan fingerprint density at radius 1 is 1.26 bits per heavy atom. The van der Waals surface area contributed by atoms with E-state index >= 15 is 0 Å². The van der Waals surface area contributed by atoms with Gasteiger partial charge in [0.25, 0.3) is 5.92 Å². The summed E-state index contributed by atoms with van der Waals surface area (Å²) in [5, 5.41) is 0. The van der Waals surface area contributed by atoms with E-state index in [-0.39, 0.29) is 11.9 Å². The molecule has 4 fully saturated rings. The molecule has 0 radical (unpaired) electrons. The number of esters is 1. The SMILES string of the molecule is CC(F)(F)COC(=O)C1C2CC3CC1CC(C)(C3)C2. The zero-order chi connectivity index (χ0) is 13.8. The monoisotopic (exact) mass is 272 g/mol. The number of alkyl halides is 2. The van der Waals surface area contributed by atoms with Crippen LogP contribution >= 0.6 is 0 Å². The third kappa shape index (κ3) is 2.50. The van der Waals surface area contributed by atoms with Gasteiger partial charge in [-0.2, -0.15) is 0 Å². The van der Waals surface area contributed by atoms with Gasteiger partial charge in [0, 0.05) is 6.92 Å². The lowest BCUT2D eigenvalue weighted by Gasteiger charge is -2.58. The van der Waals surface area contributed by atoms with Gasteiger partial charge in [0.1, 0.15) is 0 Å². The van der Waals surface area contributed by atoms with Crippen LogP contribution in [0.4, 0.5) is 8.78 Å².